The third-order valence-corrected chi connectivity index (χ3v) is 2.85. The molecule has 2 aromatic rings. The Kier molecular flexibility index (Phi) is 10.8. The SMILES string of the molecule is CC.CSCc1ccc(N)cc1.Cc1ccccc1. The Labute approximate surface area is 122 Å². The minimum absolute atomic E-state index is 0.838. The molecule has 0 aliphatic heterocycles. The Morgan fingerprint density at radius 3 is 1.79 bits per heavy atom. The number of hydrogen-bond acceptors (Lipinski definition) is 2. The molecule has 0 bridgehead atoms. The zero-order valence-corrected chi connectivity index (χ0v) is 13.2. The number of thioether (sulfide) groups is 1. The quantitative estimate of drug-likeness (QED) is 0.767. The molecule has 0 aliphatic rings. The van der Waals surface area contributed by atoms with Crippen LogP contribution >= 0.6 is 11.8 Å². The zero-order valence-electron chi connectivity index (χ0n) is 12.4. The second-order valence-corrected chi connectivity index (χ2v) is 4.70. The highest BCUT2D eigenvalue weighted by Crippen LogP contribution is 2.10. The van der Waals surface area contributed by atoms with E-state index >= 15 is 0 Å². The summed E-state index contributed by atoms with van der Waals surface area (Å²) in [7, 11) is 0. The number of anilines is 1. The summed E-state index contributed by atoms with van der Waals surface area (Å²) in [4.78, 5) is 0. The molecule has 104 valence electrons. The van der Waals surface area contributed by atoms with E-state index < -0.39 is 0 Å². The van der Waals surface area contributed by atoms with Gasteiger partial charge in [-0.3, -0.25) is 0 Å². The topological polar surface area (TPSA) is 26.0 Å². The highest BCUT2D eigenvalue weighted by molar-refractivity contribution is 7.97. The summed E-state index contributed by atoms with van der Waals surface area (Å²) in [6.45, 7) is 6.08. The van der Waals surface area contributed by atoms with E-state index in [0.29, 0.717) is 0 Å². The molecule has 0 aromatic heterocycles. The summed E-state index contributed by atoms with van der Waals surface area (Å²) in [5, 5.41) is 0. The molecule has 0 saturated carbocycles. The Morgan fingerprint density at radius 2 is 1.42 bits per heavy atom. The Balaban J connectivity index is 0.000000316. The molecule has 0 spiro atoms. The summed E-state index contributed by atoms with van der Waals surface area (Å²) < 4.78 is 0. The summed E-state index contributed by atoms with van der Waals surface area (Å²) in [6, 6.07) is 18.3. The Morgan fingerprint density at radius 1 is 0.895 bits per heavy atom. The van der Waals surface area contributed by atoms with Gasteiger partial charge < -0.3 is 5.73 Å². The van der Waals surface area contributed by atoms with Gasteiger partial charge in [0.15, 0.2) is 0 Å². The van der Waals surface area contributed by atoms with Crippen LogP contribution in [0.4, 0.5) is 5.69 Å². The fourth-order valence-corrected chi connectivity index (χ4v) is 1.84. The van der Waals surface area contributed by atoms with E-state index in [-0.39, 0.29) is 0 Å². The Hall–Kier alpha value is -1.41. The van der Waals surface area contributed by atoms with Gasteiger partial charge in [0.25, 0.3) is 0 Å². The fourth-order valence-electron chi connectivity index (χ4n) is 1.31. The third-order valence-electron chi connectivity index (χ3n) is 2.23. The molecule has 1 nitrogen and oxygen atoms in total. The summed E-state index contributed by atoms with van der Waals surface area (Å²) in [5.74, 6) is 1.07. The lowest BCUT2D eigenvalue weighted by Crippen LogP contribution is -1.84. The van der Waals surface area contributed by atoms with E-state index in [0.717, 1.165) is 11.4 Å². The minimum Gasteiger partial charge on any atom is -0.399 e. The van der Waals surface area contributed by atoms with E-state index in [9.17, 15) is 0 Å². The molecule has 19 heavy (non-hydrogen) atoms. The molecule has 2 aromatic carbocycles. The van der Waals surface area contributed by atoms with Crippen molar-refractivity contribution in [2.45, 2.75) is 26.5 Å². The van der Waals surface area contributed by atoms with Crippen LogP contribution < -0.4 is 5.73 Å². The first-order valence-electron chi connectivity index (χ1n) is 6.57. The van der Waals surface area contributed by atoms with Gasteiger partial charge in [0.05, 0.1) is 0 Å². The van der Waals surface area contributed by atoms with Crippen LogP contribution in [0, 0.1) is 6.92 Å². The van der Waals surface area contributed by atoms with Crippen LogP contribution in [0.15, 0.2) is 54.6 Å². The van der Waals surface area contributed by atoms with E-state index in [1.54, 1.807) is 0 Å². The fraction of sp³-hybridized carbons (Fsp3) is 0.294. The summed E-state index contributed by atoms with van der Waals surface area (Å²) in [6.07, 6.45) is 2.09. The van der Waals surface area contributed by atoms with Crippen LogP contribution in [0.25, 0.3) is 0 Å². The van der Waals surface area contributed by atoms with Crippen molar-refractivity contribution in [1.29, 1.82) is 0 Å². The van der Waals surface area contributed by atoms with Gasteiger partial charge in [0.1, 0.15) is 0 Å². The summed E-state index contributed by atoms with van der Waals surface area (Å²) >= 11 is 1.82. The standard InChI is InChI=1S/C8H11NS.C7H8.C2H6/c1-10-6-7-2-4-8(9)5-3-7;1-7-5-3-2-4-6-7;1-2/h2-5H,6,9H2,1H3;2-6H,1H3;1-2H3. The maximum Gasteiger partial charge on any atom is 0.0314 e. The van der Waals surface area contributed by atoms with Crippen LogP contribution in [0.3, 0.4) is 0 Å². The average Bonchev–Trinajstić information content (AvgIpc) is 2.45. The second-order valence-electron chi connectivity index (χ2n) is 3.83. The van der Waals surface area contributed by atoms with Gasteiger partial charge in [0, 0.05) is 11.4 Å². The van der Waals surface area contributed by atoms with E-state index in [1.165, 1.54) is 11.1 Å². The number of benzene rings is 2. The van der Waals surface area contributed by atoms with Crippen LogP contribution in [-0.2, 0) is 5.75 Å². The lowest BCUT2D eigenvalue weighted by molar-refractivity contribution is 1.42. The lowest BCUT2D eigenvalue weighted by atomic mass is 10.2. The molecule has 0 heterocycles. The number of hydrogen-bond donors (Lipinski definition) is 1. The molecule has 2 rings (SSSR count). The van der Waals surface area contributed by atoms with Crippen LogP contribution in [0.5, 0.6) is 0 Å². The van der Waals surface area contributed by atoms with Gasteiger partial charge >= 0.3 is 0 Å². The van der Waals surface area contributed by atoms with Crippen molar-refractivity contribution in [1.82, 2.24) is 0 Å². The highest BCUT2D eigenvalue weighted by atomic mass is 32.2. The first-order chi connectivity index (χ1) is 9.22. The van der Waals surface area contributed by atoms with Crippen molar-refractivity contribution in [2.24, 2.45) is 0 Å². The molecule has 0 amide bonds. The van der Waals surface area contributed by atoms with Gasteiger partial charge in [-0.1, -0.05) is 61.9 Å². The van der Waals surface area contributed by atoms with Crippen molar-refractivity contribution in [2.75, 3.05) is 12.0 Å². The number of aryl methyl sites for hydroxylation is 1. The van der Waals surface area contributed by atoms with Crippen molar-refractivity contribution < 1.29 is 0 Å². The molecular formula is C17H25NS. The maximum atomic E-state index is 5.52. The molecule has 0 aliphatic carbocycles. The zero-order chi connectivity index (χ0) is 14.5. The average molecular weight is 275 g/mol. The lowest BCUT2D eigenvalue weighted by Gasteiger charge is -1.97. The number of rotatable bonds is 2. The normalized spacial score (nSPS) is 8.63. The van der Waals surface area contributed by atoms with Crippen molar-refractivity contribution in [3.05, 3.63) is 65.7 Å². The second kappa shape index (κ2) is 11.7. The van der Waals surface area contributed by atoms with E-state index in [2.05, 4.69) is 37.4 Å². The maximum absolute atomic E-state index is 5.52. The van der Waals surface area contributed by atoms with Crippen molar-refractivity contribution in [3.8, 4) is 0 Å². The monoisotopic (exact) mass is 275 g/mol. The molecule has 0 atom stereocenters. The largest absolute Gasteiger partial charge is 0.399 e. The summed E-state index contributed by atoms with van der Waals surface area (Å²) in [5.41, 5.74) is 9.01. The van der Waals surface area contributed by atoms with Gasteiger partial charge in [-0.05, 0) is 30.9 Å². The molecule has 0 radical (unpaired) electrons. The molecular weight excluding hydrogens is 250 g/mol. The minimum atomic E-state index is 0.838. The third kappa shape index (κ3) is 9.20. The van der Waals surface area contributed by atoms with Gasteiger partial charge in [-0.2, -0.15) is 11.8 Å². The molecule has 0 saturated heterocycles. The Bertz CT molecular complexity index is 409. The van der Waals surface area contributed by atoms with Gasteiger partial charge in [0.2, 0.25) is 0 Å². The van der Waals surface area contributed by atoms with Crippen LogP contribution in [-0.4, -0.2) is 6.26 Å². The number of nitrogens with two attached hydrogens (primary N) is 1. The van der Waals surface area contributed by atoms with Gasteiger partial charge in [-0.15, -0.1) is 0 Å². The van der Waals surface area contributed by atoms with E-state index in [4.69, 9.17) is 5.73 Å². The first-order valence-corrected chi connectivity index (χ1v) is 7.97. The molecule has 2 N–H and O–H groups in total. The molecule has 2 heteroatoms. The van der Waals surface area contributed by atoms with Crippen molar-refractivity contribution in [3.63, 3.8) is 0 Å². The predicted octanol–water partition coefficient (Wildman–Crippen LogP) is 5.15. The van der Waals surface area contributed by atoms with Crippen LogP contribution in [0.1, 0.15) is 25.0 Å². The van der Waals surface area contributed by atoms with E-state index in [1.807, 2.05) is 55.9 Å². The number of nitrogen functional groups attached to an aromatic ring is 1. The van der Waals surface area contributed by atoms with Gasteiger partial charge in [-0.25, -0.2) is 0 Å². The van der Waals surface area contributed by atoms with Crippen molar-refractivity contribution >= 4 is 17.4 Å². The first kappa shape index (κ1) is 17.6. The molecule has 0 fully saturated rings. The van der Waals surface area contributed by atoms with Crippen LogP contribution in [0.2, 0.25) is 0 Å². The smallest absolute Gasteiger partial charge is 0.0314 e. The predicted molar refractivity (Wildman–Crippen MR) is 90.6 cm³/mol. The highest BCUT2D eigenvalue weighted by Gasteiger charge is 1.88. The molecule has 0 unspecified atom stereocenters.